The standard InChI is InChI=1S/C10H14ClNOS/c1-3-10(11)5-4-9(2)14-7-6-12-8-13/h3-5,8H,2,6-7H2,1H3,(H,12,13)/b5-4-,10-3+. The maximum Gasteiger partial charge on any atom is 0.207 e. The van der Waals surface area contributed by atoms with Crippen molar-refractivity contribution in [3.05, 3.63) is 34.7 Å². The van der Waals surface area contributed by atoms with E-state index in [1.54, 1.807) is 17.8 Å². The highest BCUT2D eigenvalue weighted by Crippen LogP contribution is 2.15. The normalized spacial score (nSPS) is 11.7. The fraction of sp³-hybridized carbons (Fsp3) is 0.300. The zero-order valence-corrected chi connectivity index (χ0v) is 9.70. The maximum atomic E-state index is 9.92. The number of rotatable bonds is 7. The smallest absolute Gasteiger partial charge is 0.207 e. The van der Waals surface area contributed by atoms with Crippen molar-refractivity contribution in [3.63, 3.8) is 0 Å². The number of carbonyl (C=O) groups excluding carboxylic acids is 1. The quantitative estimate of drug-likeness (QED) is 0.415. The van der Waals surface area contributed by atoms with Crippen LogP contribution in [0.3, 0.4) is 0 Å². The van der Waals surface area contributed by atoms with E-state index < -0.39 is 0 Å². The molecule has 4 heteroatoms. The van der Waals surface area contributed by atoms with Gasteiger partial charge >= 0.3 is 0 Å². The summed E-state index contributed by atoms with van der Waals surface area (Å²) in [6.07, 6.45) is 6.15. The van der Waals surface area contributed by atoms with Crippen LogP contribution in [0.5, 0.6) is 0 Å². The van der Waals surface area contributed by atoms with Gasteiger partial charge < -0.3 is 5.32 Å². The lowest BCUT2D eigenvalue weighted by Gasteiger charge is -1.99. The second-order valence-corrected chi connectivity index (χ2v) is 4.05. The lowest BCUT2D eigenvalue weighted by molar-refractivity contribution is -0.109. The molecule has 2 nitrogen and oxygen atoms in total. The summed E-state index contributed by atoms with van der Waals surface area (Å²) < 4.78 is 0. The topological polar surface area (TPSA) is 29.1 Å². The number of hydrogen-bond donors (Lipinski definition) is 1. The third kappa shape index (κ3) is 7.95. The summed E-state index contributed by atoms with van der Waals surface area (Å²) in [4.78, 5) is 10.9. The molecule has 0 saturated heterocycles. The summed E-state index contributed by atoms with van der Waals surface area (Å²) >= 11 is 7.34. The number of carbonyl (C=O) groups is 1. The Labute approximate surface area is 94.1 Å². The highest BCUT2D eigenvalue weighted by molar-refractivity contribution is 8.03. The summed E-state index contributed by atoms with van der Waals surface area (Å²) in [6.45, 7) is 6.36. The average molecular weight is 232 g/mol. The molecule has 0 aliphatic rings. The molecule has 0 saturated carbocycles. The molecule has 0 spiro atoms. The Morgan fingerprint density at radius 1 is 1.57 bits per heavy atom. The molecule has 0 radical (unpaired) electrons. The van der Waals surface area contributed by atoms with Crippen LogP contribution in [0.2, 0.25) is 0 Å². The van der Waals surface area contributed by atoms with Gasteiger partial charge in [-0.15, -0.1) is 11.8 Å². The third-order valence-corrected chi connectivity index (χ3v) is 2.58. The molecule has 0 atom stereocenters. The second-order valence-electron chi connectivity index (χ2n) is 2.39. The van der Waals surface area contributed by atoms with Crippen molar-refractivity contribution in [1.29, 1.82) is 0 Å². The summed E-state index contributed by atoms with van der Waals surface area (Å²) in [7, 11) is 0. The molecule has 1 N–H and O–H groups in total. The Balaban J connectivity index is 3.65. The monoisotopic (exact) mass is 231 g/mol. The van der Waals surface area contributed by atoms with E-state index in [1.807, 2.05) is 19.1 Å². The van der Waals surface area contributed by atoms with Gasteiger partial charge in [-0.3, -0.25) is 4.79 Å². The van der Waals surface area contributed by atoms with Crippen LogP contribution in [-0.4, -0.2) is 18.7 Å². The zero-order chi connectivity index (χ0) is 10.8. The molecule has 14 heavy (non-hydrogen) atoms. The lowest BCUT2D eigenvalue weighted by Crippen LogP contribution is -2.13. The number of nitrogens with one attached hydrogen (secondary N) is 1. The summed E-state index contributed by atoms with van der Waals surface area (Å²) in [6, 6.07) is 0. The third-order valence-electron chi connectivity index (χ3n) is 1.32. The minimum atomic E-state index is 0.651. The van der Waals surface area contributed by atoms with E-state index in [9.17, 15) is 4.79 Å². The average Bonchev–Trinajstić information content (AvgIpc) is 2.21. The molecule has 78 valence electrons. The van der Waals surface area contributed by atoms with Crippen molar-refractivity contribution in [3.8, 4) is 0 Å². The van der Waals surface area contributed by atoms with Crippen LogP contribution in [0.15, 0.2) is 34.7 Å². The molecule has 0 aromatic carbocycles. The van der Waals surface area contributed by atoms with Crippen molar-refractivity contribution >= 4 is 29.8 Å². The van der Waals surface area contributed by atoms with E-state index in [-0.39, 0.29) is 0 Å². The van der Waals surface area contributed by atoms with Gasteiger partial charge in [-0.1, -0.05) is 24.3 Å². The van der Waals surface area contributed by atoms with E-state index in [0.717, 1.165) is 10.7 Å². The van der Waals surface area contributed by atoms with E-state index >= 15 is 0 Å². The Morgan fingerprint density at radius 2 is 2.29 bits per heavy atom. The van der Waals surface area contributed by atoms with E-state index in [2.05, 4.69) is 11.9 Å². The summed E-state index contributed by atoms with van der Waals surface area (Å²) in [5.41, 5.74) is 0. The largest absolute Gasteiger partial charge is 0.358 e. The molecular formula is C10H14ClNOS. The number of halogens is 1. The van der Waals surface area contributed by atoms with Gasteiger partial charge in [0, 0.05) is 22.2 Å². The molecule has 0 heterocycles. The predicted molar refractivity (Wildman–Crippen MR) is 64.4 cm³/mol. The van der Waals surface area contributed by atoms with Crippen LogP contribution in [0.25, 0.3) is 0 Å². The van der Waals surface area contributed by atoms with Crippen molar-refractivity contribution in [2.45, 2.75) is 6.92 Å². The van der Waals surface area contributed by atoms with Crippen molar-refractivity contribution in [1.82, 2.24) is 5.32 Å². The minimum Gasteiger partial charge on any atom is -0.358 e. The van der Waals surface area contributed by atoms with Gasteiger partial charge in [0.1, 0.15) is 0 Å². The first-order valence-corrected chi connectivity index (χ1v) is 5.55. The molecule has 0 bridgehead atoms. The van der Waals surface area contributed by atoms with Crippen molar-refractivity contribution in [2.24, 2.45) is 0 Å². The van der Waals surface area contributed by atoms with Gasteiger partial charge in [0.05, 0.1) is 0 Å². The molecular weight excluding hydrogens is 218 g/mol. The molecule has 0 fully saturated rings. The molecule has 0 unspecified atom stereocenters. The van der Waals surface area contributed by atoms with E-state index in [4.69, 9.17) is 11.6 Å². The highest BCUT2D eigenvalue weighted by Gasteiger charge is 1.90. The number of hydrogen-bond acceptors (Lipinski definition) is 2. The molecule has 0 aliphatic heterocycles. The van der Waals surface area contributed by atoms with Gasteiger partial charge in [-0.05, 0) is 19.1 Å². The molecule has 0 aromatic rings. The predicted octanol–water partition coefficient (Wildman–Crippen LogP) is 2.68. The van der Waals surface area contributed by atoms with E-state index in [0.29, 0.717) is 18.0 Å². The Hall–Kier alpha value is -0.670. The first-order chi connectivity index (χ1) is 6.70. The van der Waals surface area contributed by atoms with Gasteiger partial charge in [-0.25, -0.2) is 0 Å². The summed E-state index contributed by atoms with van der Waals surface area (Å²) in [5.74, 6) is 0.815. The Kier molecular flexibility index (Phi) is 8.48. The molecule has 0 rings (SSSR count). The Bertz CT molecular complexity index is 249. The molecule has 0 aromatic heterocycles. The lowest BCUT2D eigenvalue weighted by atomic mass is 10.4. The van der Waals surface area contributed by atoms with Crippen LogP contribution in [0.4, 0.5) is 0 Å². The number of allylic oxidation sites excluding steroid dienone is 4. The Morgan fingerprint density at radius 3 is 2.86 bits per heavy atom. The minimum absolute atomic E-state index is 0.651. The number of thioether (sulfide) groups is 1. The second kappa shape index (κ2) is 8.91. The fourth-order valence-electron chi connectivity index (χ4n) is 0.617. The molecule has 1 amide bonds. The SMILES string of the molecule is C=C(/C=C\C(Cl)=C/C)SCCNC=O. The van der Waals surface area contributed by atoms with Crippen LogP contribution < -0.4 is 5.32 Å². The van der Waals surface area contributed by atoms with Crippen molar-refractivity contribution in [2.75, 3.05) is 12.3 Å². The van der Waals surface area contributed by atoms with Crippen LogP contribution in [0, 0.1) is 0 Å². The van der Waals surface area contributed by atoms with Crippen LogP contribution in [-0.2, 0) is 4.79 Å². The van der Waals surface area contributed by atoms with Crippen molar-refractivity contribution < 1.29 is 4.79 Å². The van der Waals surface area contributed by atoms with Gasteiger partial charge in [0.15, 0.2) is 0 Å². The van der Waals surface area contributed by atoms with Gasteiger partial charge in [0.25, 0.3) is 0 Å². The van der Waals surface area contributed by atoms with Gasteiger partial charge in [-0.2, -0.15) is 0 Å². The first kappa shape index (κ1) is 13.3. The van der Waals surface area contributed by atoms with Gasteiger partial charge in [0.2, 0.25) is 6.41 Å². The fourth-order valence-corrected chi connectivity index (χ4v) is 1.33. The highest BCUT2D eigenvalue weighted by atomic mass is 35.5. The zero-order valence-electron chi connectivity index (χ0n) is 8.13. The summed E-state index contributed by atoms with van der Waals surface area (Å²) in [5, 5.41) is 3.27. The van der Waals surface area contributed by atoms with Crippen LogP contribution in [0.1, 0.15) is 6.92 Å². The van der Waals surface area contributed by atoms with Crippen LogP contribution >= 0.6 is 23.4 Å². The van der Waals surface area contributed by atoms with E-state index in [1.165, 1.54) is 0 Å². The maximum absolute atomic E-state index is 9.92. The number of amides is 1. The first-order valence-electron chi connectivity index (χ1n) is 4.19. The molecule has 0 aliphatic carbocycles.